The molecule has 1 atom stereocenters. The van der Waals surface area contributed by atoms with Crippen LogP contribution in [-0.4, -0.2) is 70.3 Å². The summed E-state index contributed by atoms with van der Waals surface area (Å²) in [6.45, 7) is 8.13. The minimum Gasteiger partial charge on any atom is -0.383 e. The zero-order valence-corrected chi connectivity index (χ0v) is 19.2. The molecule has 3 N–H and O–H groups in total. The van der Waals surface area contributed by atoms with Gasteiger partial charge in [-0.2, -0.15) is 0 Å². The predicted octanol–water partition coefficient (Wildman–Crippen LogP) is 1.62. The van der Waals surface area contributed by atoms with E-state index in [9.17, 15) is 4.79 Å². The van der Waals surface area contributed by atoms with Crippen molar-refractivity contribution in [2.75, 3.05) is 53.5 Å². The molecule has 1 amide bonds. The molecule has 154 valence electrons. The molecule has 0 aliphatic carbocycles. The molecule has 0 saturated carbocycles. The Morgan fingerprint density at radius 2 is 1.81 bits per heavy atom. The number of carbonyl (C=O) groups is 1. The van der Waals surface area contributed by atoms with Gasteiger partial charge in [0.2, 0.25) is 5.91 Å². The van der Waals surface area contributed by atoms with E-state index in [4.69, 9.17) is 4.74 Å². The zero-order chi connectivity index (χ0) is 19.2. The first kappa shape index (κ1) is 25.6. The molecule has 0 saturated heterocycles. The maximum atomic E-state index is 11.8. The van der Waals surface area contributed by atoms with Crippen molar-refractivity contribution in [1.29, 1.82) is 0 Å². The summed E-state index contributed by atoms with van der Waals surface area (Å²) in [5, 5.41) is 9.15. The summed E-state index contributed by atoms with van der Waals surface area (Å²) in [7, 11) is 3.31. The normalized spacial score (nSPS) is 12.3. The van der Waals surface area contributed by atoms with Crippen LogP contribution in [0, 0.1) is 0 Å². The summed E-state index contributed by atoms with van der Waals surface area (Å²) in [6.07, 6.45) is 0. The fourth-order valence-corrected chi connectivity index (χ4v) is 2.73. The monoisotopic (exact) mass is 491 g/mol. The van der Waals surface area contributed by atoms with E-state index in [-0.39, 0.29) is 42.5 Å². The number of guanidine groups is 1. The van der Waals surface area contributed by atoms with Gasteiger partial charge < -0.3 is 20.7 Å². The molecule has 0 bridgehead atoms. The quantitative estimate of drug-likeness (QED) is 0.190. The van der Waals surface area contributed by atoms with Crippen LogP contribution in [0.4, 0.5) is 0 Å². The number of likely N-dealkylation sites (N-methyl/N-ethyl adjacent to an activating group) is 1. The van der Waals surface area contributed by atoms with E-state index in [1.165, 1.54) is 5.56 Å². The lowest BCUT2D eigenvalue weighted by Crippen LogP contribution is -2.46. The van der Waals surface area contributed by atoms with Gasteiger partial charge in [0, 0.05) is 27.2 Å². The number of hydrogen-bond donors (Lipinski definition) is 3. The minimum absolute atomic E-state index is 0. The molecule has 0 aliphatic rings. The lowest BCUT2D eigenvalue weighted by Gasteiger charge is -2.30. The fourth-order valence-electron chi connectivity index (χ4n) is 2.73. The molecule has 0 aliphatic heterocycles. The second kappa shape index (κ2) is 15.6. The molecular formula is C19H34IN5O2. The molecule has 8 heteroatoms. The number of rotatable bonds is 11. The number of aliphatic imine (C=N–C) groups is 1. The molecule has 0 aromatic heterocycles. The van der Waals surface area contributed by atoms with Gasteiger partial charge in [0.1, 0.15) is 0 Å². The number of methoxy groups -OCH3 is 1. The third-order valence-corrected chi connectivity index (χ3v) is 4.17. The van der Waals surface area contributed by atoms with E-state index in [2.05, 4.69) is 64.0 Å². The Bertz CT molecular complexity index is 538. The second-order valence-electron chi connectivity index (χ2n) is 5.80. The Balaban J connectivity index is 0.00000676. The Hall–Kier alpha value is -1.39. The number of amides is 1. The lowest BCUT2D eigenvalue weighted by atomic mass is 10.1. The Labute approximate surface area is 180 Å². The Kier molecular flexibility index (Phi) is 14.8. The van der Waals surface area contributed by atoms with Crippen LogP contribution in [0.15, 0.2) is 35.3 Å². The first-order valence-electron chi connectivity index (χ1n) is 9.15. The van der Waals surface area contributed by atoms with E-state index < -0.39 is 0 Å². The van der Waals surface area contributed by atoms with E-state index in [1.54, 1.807) is 14.2 Å². The first-order chi connectivity index (χ1) is 12.7. The number of nitrogens with zero attached hydrogens (tertiary/aromatic N) is 2. The van der Waals surface area contributed by atoms with Gasteiger partial charge in [0.25, 0.3) is 0 Å². The number of benzene rings is 1. The topological polar surface area (TPSA) is 78.0 Å². The second-order valence-corrected chi connectivity index (χ2v) is 5.80. The van der Waals surface area contributed by atoms with Crippen molar-refractivity contribution in [1.82, 2.24) is 20.9 Å². The third-order valence-electron chi connectivity index (χ3n) is 4.17. The van der Waals surface area contributed by atoms with Crippen LogP contribution < -0.4 is 16.0 Å². The van der Waals surface area contributed by atoms with Crippen molar-refractivity contribution in [3.05, 3.63) is 35.9 Å². The van der Waals surface area contributed by atoms with E-state index in [0.717, 1.165) is 13.1 Å². The van der Waals surface area contributed by atoms with E-state index >= 15 is 0 Å². The van der Waals surface area contributed by atoms with Crippen LogP contribution in [0.1, 0.15) is 25.5 Å². The summed E-state index contributed by atoms with van der Waals surface area (Å²) < 4.78 is 4.91. The van der Waals surface area contributed by atoms with Gasteiger partial charge in [-0.1, -0.05) is 44.2 Å². The molecule has 1 unspecified atom stereocenters. The number of hydrogen-bond acceptors (Lipinski definition) is 4. The number of halogens is 1. The number of carbonyl (C=O) groups excluding carboxylic acids is 1. The predicted molar refractivity (Wildman–Crippen MR) is 122 cm³/mol. The molecule has 27 heavy (non-hydrogen) atoms. The highest BCUT2D eigenvalue weighted by atomic mass is 127. The van der Waals surface area contributed by atoms with Gasteiger partial charge in [-0.25, -0.2) is 0 Å². The van der Waals surface area contributed by atoms with Gasteiger partial charge in [-0.3, -0.25) is 14.7 Å². The summed E-state index contributed by atoms with van der Waals surface area (Å²) in [5.74, 6) is 0.522. The van der Waals surface area contributed by atoms with Crippen LogP contribution >= 0.6 is 24.0 Å². The lowest BCUT2D eigenvalue weighted by molar-refractivity contribution is -0.120. The molecule has 0 spiro atoms. The third kappa shape index (κ3) is 9.92. The van der Waals surface area contributed by atoms with Crippen LogP contribution in [0.2, 0.25) is 0 Å². The SMILES string of the molecule is CCN(CC)C(CNC(=NC)NCC(=O)NCCOC)c1ccccc1.I. The smallest absolute Gasteiger partial charge is 0.239 e. The maximum absolute atomic E-state index is 11.8. The summed E-state index contributed by atoms with van der Waals surface area (Å²) in [4.78, 5) is 18.4. The number of ether oxygens (including phenoxy) is 1. The van der Waals surface area contributed by atoms with Crippen molar-refractivity contribution in [3.63, 3.8) is 0 Å². The van der Waals surface area contributed by atoms with Gasteiger partial charge in [-0.15, -0.1) is 24.0 Å². The van der Waals surface area contributed by atoms with Crippen molar-refractivity contribution >= 4 is 35.8 Å². The molecular weight excluding hydrogens is 457 g/mol. The van der Waals surface area contributed by atoms with Crippen molar-refractivity contribution in [2.24, 2.45) is 4.99 Å². The van der Waals surface area contributed by atoms with Gasteiger partial charge in [0.15, 0.2) is 5.96 Å². The van der Waals surface area contributed by atoms with E-state index in [0.29, 0.717) is 25.7 Å². The van der Waals surface area contributed by atoms with Crippen molar-refractivity contribution in [3.8, 4) is 0 Å². The molecule has 1 rings (SSSR count). The highest BCUT2D eigenvalue weighted by Crippen LogP contribution is 2.19. The maximum Gasteiger partial charge on any atom is 0.239 e. The van der Waals surface area contributed by atoms with Crippen LogP contribution in [0.5, 0.6) is 0 Å². The van der Waals surface area contributed by atoms with Crippen molar-refractivity contribution < 1.29 is 9.53 Å². The first-order valence-corrected chi connectivity index (χ1v) is 9.15. The number of nitrogens with one attached hydrogen (secondary N) is 3. The minimum atomic E-state index is -0.0895. The highest BCUT2D eigenvalue weighted by Gasteiger charge is 2.18. The molecule has 0 radical (unpaired) electrons. The fraction of sp³-hybridized carbons (Fsp3) is 0.579. The molecule has 0 fully saturated rings. The zero-order valence-electron chi connectivity index (χ0n) is 16.8. The largest absolute Gasteiger partial charge is 0.383 e. The summed E-state index contributed by atoms with van der Waals surface area (Å²) >= 11 is 0. The van der Waals surface area contributed by atoms with Gasteiger partial charge >= 0.3 is 0 Å². The molecule has 1 aromatic carbocycles. The van der Waals surface area contributed by atoms with Crippen LogP contribution in [0.3, 0.4) is 0 Å². The Morgan fingerprint density at radius 3 is 2.37 bits per heavy atom. The van der Waals surface area contributed by atoms with Gasteiger partial charge in [0.05, 0.1) is 19.2 Å². The highest BCUT2D eigenvalue weighted by molar-refractivity contribution is 14.0. The van der Waals surface area contributed by atoms with Crippen LogP contribution in [0.25, 0.3) is 0 Å². The van der Waals surface area contributed by atoms with E-state index in [1.807, 2.05) is 6.07 Å². The molecule has 7 nitrogen and oxygen atoms in total. The van der Waals surface area contributed by atoms with Gasteiger partial charge in [-0.05, 0) is 18.7 Å². The average molecular weight is 491 g/mol. The standard InChI is InChI=1S/C19H33N5O2.HI/c1-5-24(6-2)17(16-10-8-7-9-11-16)14-22-19(20-3)23-15-18(25)21-12-13-26-4;/h7-11,17H,5-6,12-15H2,1-4H3,(H,21,25)(H2,20,22,23);1H. The molecule has 0 heterocycles. The average Bonchev–Trinajstić information content (AvgIpc) is 2.68. The molecule has 1 aromatic rings. The Morgan fingerprint density at radius 1 is 1.15 bits per heavy atom. The summed E-state index contributed by atoms with van der Waals surface area (Å²) in [5.41, 5.74) is 1.26. The van der Waals surface area contributed by atoms with Crippen molar-refractivity contribution in [2.45, 2.75) is 19.9 Å². The summed E-state index contributed by atoms with van der Waals surface area (Å²) in [6, 6.07) is 10.7. The van der Waals surface area contributed by atoms with Crippen LogP contribution in [-0.2, 0) is 9.53 Å².